The summed E-state index contributed by atoms with van der Waals surface area (Å²) in [5.41, 5.74) is 14.3. The summed E-state index contributed by atoms with van der Waals surface area (Å²) in [7, 11) is 0. The average Bonchev–Trinajstić information content (AvgIpc) is 2.87. The van der Waals surface area contributed by atoms with E-state index < -0.39 is 17.6 Å². The number of amidine groups is 1. The standard InChI is InChI=1S/C28H29F3N6O/c1-3-21(28(2,30)31)12-20(27(38)37-23-10-8-22(29)9-11-23)15-35-14-17-4-6-18(7-5-17)19-13-24(25(32)33)26(34)36-16-19/h3-13,16,35H,14-15H2,1-2H3,(H3,32,33)(H2,34,36)(H,37,38)/b20-12+,21-3+. The van der Waals surface area contributed by atoms with E-state index in [1.54, 1.807) is 12.3 Å². The molecule has 10 heteroatoms. The third-order valence-corrected chi connectivity index (χ3v) is 5.68. The zero-order chi connectivity index (χ0) is 27.9. The van der Waals surface area contributed by atoms with Gasteiger partial charge in [0.25, 0.3) is 11.8 Å². The van der Waals surface area contributed by atoms with Crippen LogP contribution < -0.4 is 22.1 Å². The highest BCUT2D eigenvalue weighted by Gasteiger charge is 2.26. The Balaban J connectivity index is 1.73. The minimum atomic E-state index is -3.13. The summed E-state index contributed by atoms with van der Waals surface area (Å²) in [6.07, 6.45) is 4.01. The van der Waals surface area contributed by atoms with E-state index in [-0.39, 0.29) is 29.3 Å². The molecule has 0 aliphatic heterocycles. The predicted octanol–water partition coefficient (Wildman–Crippen LogP) is 5.01. The number of allylic oxidation sites excluding steroid dienone is 3. The molecule has 7 nitrogen and oxygen atoms in total. The molecular weight excluding hydrogens is 493 g/mol. The van der Waals surface area contributed by atoms with Gasteiger partial charge in [-0.15, -0.1) is 0 Å². The van der Waals surface area contributed by atoms with Crippen LogP contribution in [-0.2, 0) is 11.3 Å². The number of hydrogen-bond donors (Lipinski definition) is 5. The molecule has 0 atom stereocenters. The van der Waals surface area contributed by atoms with Crippen LogP contribution in [0.2, 0.25) is 0 Å². The molecule has 198 valence electrons. The minimum Gasteiger partial charge on any atom is -0.384 e. The second-order valence-corrected chi connectivity index (χ2v) is 8.63. The quantitative estimate of drug-likeness (QED) is 0.111. The second-order valence-electron chi connectivity index (χ2n) is 8.63. The number of benzene rings is 2. The van der Waals surface area contributed by atoms with E-state index in [0.29, 0.717) is 17.8 Å². The van der Waals surface area contributed by atoms with Gasteiger partial charge in [0.2, 0.25) is 0 Å². The molecule has 1 amide bonds. The van der Waals surface area contributed by atoms with Gasteiger partial charge >= 0.3 is 0 Å². The number of nitrogen functional groups attached to an aromatic ring is 2. The summed E-state index contributed by atoms with van der Waals surface area (Å²) in [4.78, 5) is 17.0. The van der Waals surface area contributed by atoms with E-state index in [4.69, 9.17) is 16.9 Å². The van der Waals surface area contributed by atoms with E-state index in [1.807, 2.05) is 24.3 Å². The Morgan fingerprint density at radius 2 is 1.76 bits per heavy atom. The van der Waals surface area contributed by atoms with E-state index >= 15 is 0 Å². The van der Waals surface area contributed by atoms with Crippen LogP contribution in [0.5, 0.6) is 0 Å². The third-order valence-electron chi connectivity index (χ3n) is 5.68. The lowest BCUT2D eigenvalue weighted by molar-refractivity contribution is -0.112. The summed E-state index contributed by atoms with van der Waals surface area (Å²) in [5, 5.41) is 13.4. The van der Waals surface area contributed by atoms with Crippen LogP contribution in [0.4, 0.5) is 24.7 Å². The Kier molecular flexibility index (Phi) is 9.03. The maximum absolute atomic E-state index is 14.0. The largest absolute Gasteiger partial charge is 0.384 e. The molecule has 0 radical (unpaired) electrons. The fraction of sp³-hybridized carbons (Fsp3) is 0.179. The molecule has 2 aromatic carbocycles. The molecule has 3 rings (SSSR count). The van der Waals surface area contributed by atoms with Crippen molar-refractivity contribution in [3.63, 3.8) is 0 Å². The van der Waals surface area contributed by atoms with E-state index in [0.717, 1.165) is 29.7 Å². The molecule has 1 heterocycles. The van der Waals surface area contributed by atoms with Crippen molar-refractivity contribution in [2.75, 3.05) is 17.6 Å². The van der Waals surface area contributed by atoms with Crippen LogP contribution in [-0.4, -0.2) is 29.2 Å². The minimum absolute atomic E-state index is 0.00601. The molecular formula is C28H29F3N6O. The fourth-order valence-corrected chi connectivity index (χ4v) is 3.60. The van der Waals surface area contributed by atoms with Crippen molar-refractivity contribution >= 4 is 23.2 Å². The Labute approximate surface area is 219 Å². The summed E-state index contributed by atoms with van der Waals surface area (Å²) in [6.45, 7) is 2.60. The summed E-state index contributed by atoms with van der Waals surface area (Å²) in [6, 6.07) is 14.3. The summed E-state index contributed by atoms with van der Waals surface area (Å²) < 4.78 is 41.2. The van der Waals surface area contributed by atoms with Gasteiger partial charge < -0.3 is 22.1 Å². The zero-order valence-corrected chi connectivity index (χ0v) is 21.0. The van der Waals surface area contributed by atoms with Crippen LogP contribution >= 0.6 is 0 Å². The number of aromatic nitrogens is 1. The van der Waals surface area contributed by atoms with Gasteiger partial charge in [0.1, 0.15) is 17.5 Å². The maximum Gasteiger partial charge on any atom is 0.270 e. The number of nitrogens with two attached hydrogens (primary N) is 2. The Morgan fingerprint density at radius 1 is 1.11 bits per heavy atom. The lowest BCUT2D eigenvalue weighted by Gasteiger charge is -2.15. The van der Waals surface area contributed by atoms with Gasteiger partial charge in [0.15, 0.2) is 0 Å². The molecule has 0 saturated carbocycles. The number of carbonyl (C=O) groups excluding carboxylic acids is 1. The Hall–Kier alpha value is -4.44. The second kappa shape index (κ2) is 12.2. The highest BCUT2D eigenvalue weighted by atomic mass is 19.3. The number of carbonyl (C=O) groups is 1. The topological polar surface area (TPSA) is 130 Å². The zero-order valence-electron chi connectivity index (χ0n) is 21.0. The van der Waals surface area contributed by atoms with Crippen molar-refractivity contribution in [3.8, 4) is 11.1 Å². The number of alkyl halides is 2. The number of pyridine rings is 1. The molecule has 0 fully saturated rings. The first-order valence-corrected chi connectivity index (χ1v) is 11.7. The summed E-state index contributed by atoms with van der Waals surface area (Å²) in [5.74, 6) is -4.17. The van der Waals surface area contributed by atoms with Crippen LogP contribution in [0.1, 0.15) is 25.0 Å². The number of hydrogen-bond acceptors (Lipinski definition) is 5. The van der Waals surface area contributed by atoms with Crippen molar-refractivity contribution < 1.29 is 18.0 Å². The molecule has 3 aromatic rings. The first-order chi connectivity index (χ1) is 18.0. The number of halogens is 3. The molecule has 0 spiro atoms. The Bertz CT molecular complexity index is 1360. The van der Waals surface area contributed by atoms with Gasteiger partial charge in [-0.3, -0.25) is 10.2 Å². The highest BCUT2D eigenvalue weighted by Crippen LogP contribution is 2.26. The maximum atomic E-state index is 14.0. The predicted molar refractivity (Wildman–Crippen MR) is 144 cm³/mol. The third kappa shape index (κ3) is 7.53. The van der Waals surface area contributed by atoms with Gasteiger partial charge in [-0.05, 0) is 54.5 Å². The van der Waals surface area contributed by atoms with Crippen molar-refractivity contribution in [1.29, 1.82) is 5.41 Å². The summed E-state index contributed by atoms with van der Waals surface area (Å²) >= 11 is 0. The van der Waals surface area contributed by atoms with Gasteiger partial charge in [-0.2, -0.15) is 0 Å². The fourth-order valence-electron chi connectivity index (χ4n) is 3.60. The van der Waals surface area contributed by atoms with Crippen molar-refractivity contribution in [3.05, 3.63) is 101 Å². The lowest BCUT2D eigenvalue weighted by Crippen LogP contribution is -2.26. The van der Waals surface area contributed by atoms with E-state index in [9.17, 15) is 18.0 Å². The molecule has 1 aromatic heterocycles. The van der Waals surface area contributed by atoms with Gasteiger partial charge in [0.05, 0.1) is 5.56 Å². The van der Waals surface area contributed by atoms with Crippen LogP contribution in [0, 0.1) is 11.2 Å². The van der Waals surface area contributed by atoms with Crippen molar-refractivity contribution in [2.45, 2.75) is 26.3 Å². The van der Waals surface area contributed by atoms with E-state index in [1.165, 1.54) is 37.3 Å². The molecule has 0 bridgehead atoms. The Morgan fingerprint density at radius 3 is 2.34 bits per heavy atom. The first kappa shape index (κ1) is 28.1. The van der Waals surface area contributed by atoms with Crippen molar-refractivity contribution in [1.82, 2.24) is 10.3 Å². The lowest BCUT2D eigenvalue weighted by atomic mass is 10.0. The van der Waals surface area contributed by atoms with Crippen LogP contribution in [0.15, 0.2) is 84.1 Å². The molecule has 0 aliphatic rings. The number of nitrogens with one attached hydrogen (secondary N) is 3. The molecule has 7 N–H and O–H groups in total. The van der Waals surface area contributed by atoms with Crippen LogP contribution in [0.25, 0.3) is 11.1 Å². The highest BCUT2D eigenvalue weighted by molar-refractivity contribution is 6.04. The number of amides is 1. The molecule has 0 unspecified atom stereocenters. The van der Waals surface area contributed by atoms with E-state index in [2.05, 4.69) is 15.6 Å². The van der Waals surface area contributed by atoms with Gasteiger partial charge in [-0.1, -0.05) is 30.3 Å². The van der Waals surface area contributed by atoms with Crippen molar-refractivity contribution in [2.24, 2.45) is 5.73 Å². The monoisotopic (exact) mass is 522 g/mol. The molecule has 0 aliphatic carbocycles. The first-order valence-electron chi connectivity index (χ1n) is 11.7. The number of rotatable bonds is 10. The normalized spacial score (nSPS) is 12.3. The van der Waals surface area contributed by atoms with Crippen LogP contribution in [0.3, 0.4) is 0 Å². The van der Waals surface area contributed by atoms with Gasteiger partial charge in [0, 0.05) is 48.6 Å². The number of anilines is 2. The number of nitrogens with zero attached hydrogens (tertiary/aromatic N) is 1. The molecule has 0 saturated heterocycles. The van der Waals surface area contributed by atoms with Gasteiger partial charge in [-0.25, -0.2) is 18.2 Å². The molecule has 38 heavy (non-hydrogen) atoms. The average molecular weight is 523 g/mol. The smallest absolute Gasteiger partial charge is 0.270 e. The SMILES string of the molecule is C/C=C(\C=C(/CNCc1ccc(-c2cnc(N)c(C(=N)N)c2)cc1)C(=O)Nc1ccc(F)cc1)C(C)(F)F.